The number of aromatic nitrogens is 3. The minimum atomic E-state index is 0.360. The SMILES string of the molecule is COc1cccc(OCc2c(CN)nnn2CCC(C)C)c1. The van der Waals surface area contributed by atoms with E-state index in [4.69, 9.17) is 15.2 Å². The number of hydrogen-bond acceptors (Lipinski definition) is 5. The summed E-state index contributed by atoms with van der Waals surface area (Å²) >= 11 is 0. The third-order valence-electron chi connectivity index (χ3n) is 3.45. The minimum absolute atomic E-state index is 0.360. The molecule has 2 rings (SSSR count). The summed E-state index contributed by atoms with van der Waals surface area (Å²) in [6.07, 6.45) is 1.04. The zero-order valence-corrected chi connectivity index (χ0v) is 13.5. The van der Waals surface area contributed by atoms with Crippen molar-refractivity contribution in [3.05, 3.63) is 35.7 Å². The van der Waals surface area contributed by atoms with E-state index in [1.807, 2.05) is 28.9 Å². The van der Waals surface area contributed by atoms with Crippen molar-refractivity contribution in [3.8, 4) is 11.5 Å². The molecule has 0 amide bonds. The van der Waals surface area contributed by atoms with Gasteiger partial charge >= 0.3 is 0 Å². The van der Waals surface area contributed by atoms with Crippen LogP contribution in [-0.2, 0) is 19.7 Å². The van der Waals surface area contributed by atoms with Crippen LogP contribution in [0.2, 0.25) is 0 Å². The molecule has 0 saturated heterocycles. The van der Waals surface area contributed by atoms with Gasteiger partial charge in [-0.2, -0.15) is 0 Å². The Morgan fingerprint density at radius 3 is 2.73 bits per heavy atom. The van der Waals surface area contributed by atoms with Crippen LogP contribution < -0.4 is 15.2 Å². The molecule has 2 N–H and O–H groups in total. The van der Waals surface area contributed by atoms with Crippen LogP contribution in [0.15, 0.2) is 24.3 Å². The van der Waals surface area contributed by atoms with Crippen LogP contribution in [-0.4, -0.2) is 22.1 Å². The van der Waals surface area contributed by atoms with Crippen molar-refractivity contribution in [2.24, 2.45) is 11.7 Å². The van der Waals surface area contributed by atoms with E-state index in [1.165, 1.54) is 0 Å². The van der Waals surface area contributed by atoms with Gasteiger partial charge in [0.15, 0.2) is 0 Å². The highest BCUT2D eigenvalue weighted by atomic mass is 16.5. The van der Waals surface area contributed by atoms with E-state index in [0.717, 1.165) is 35.9 Å². The van der Waals surface area contributed by atoms with Gasteiger partial charge in [-0.15, -0.1) is 5.10 Å². The molecule has 120 valence electrons. The summed E-state index contributed by atoms with van der Waals surface area (Å²) in [4.78, 5) is 0. The van der Waals surface area contributed by atoms with Crippen LogP contribution in [0, 0.1) is 5.92 Å². The fraction of sp³-hybridized carbons (Fsp3) is 0.500. The Labute approximate surface area is 131 Å². The van der Waals surface area contributed by atoms with E-state index in [-0.39, 0.29) is 0 Å². The van der Waals surface area contributed by atoms with Crippen LogP contribution >= 0.6 is 0 Å². The zero-order chi connectivity index (χ0) is 15.9. The summed E-state index contributed by atoms with van der Waals surface area (Å²) < 4.78 is 12.9. The first kappa shape index (κ1) is 16.3. The molecule has 2 aromatic rings. The molecule has 0 bridgehead atoms. The van der Waals surface area contributed by atoms with Gasteiger partial charge in [-0.05, 0) is 24.5 Å². The van der Waals surface area contributed by atoms with Crippen LogP contribution in [0.25, 0.3) is 0 Å². The second-order valence-corrected chi connectivity index (χ2v) is 5.56. The second-order valence-electron chi connectivity index (χ2n) is 5.56. The van der Waals surface area contributed by atoms with E-state index >= 15 is 0 Å². The molecule has 0 radical (unpaired) electrons. The topological polar surface area (TPSA) is 75.2 Å². The first-order chi connectivity index (χ1) is 10.6. The van der Waals surface area contributed by atoms with Gasteiger partial charge in [-0.3, -0.25) is 0 Å². The monoisotopic (exact) mass is 304 g/mol. The molecule has 22 heavy (non-hydrogen) atoms. The molecule has 0 atom stereocenters. The molecule has 6 nitrogen and oxygen atoms in total. The highest BCUT2D eigenvalue weighted by Crippen LogP contribution is 2.20. The molecule has 0 aliphatic rings. The van der Waals surface area contributed by atoms with Gasteiger partial charge in [-0.1, -0.05) is 25.1 Å². The fourth-order valence-corrected chi connectivity index (χ4v) is 2.09. The summed E-state index contributed by atoms with van der Waals surface area (Å²) in [5.41, 5.74) is 7.46. The number of aryl methyl sites for hydroxylation is 1. The third-order valence-corrected chi connectivity index (χ3v) is 3.45. The molecule has 1 aromatic heterocycles. The van der Waals surface area contributed by atoms with E-state index in [0.29, 0.717) is 19.1 Å². The summed E-state index contributed by atoms with van der Waals surface area (Å²) in [6, 6.07) is 7.52. The van der Waals surface area contributed by atoms with Gasteiger partial charge in [0.05, 0.1) is 7.11 Å². The molecular weight excluding hydrogens is 280 g/mol. The Hall–Kier alpha value is -2.08. The predicted octanol–water partition coefficient (Wildman–Crippen LogP) is 2.37. The Kier molecular flexibility index (Phi) is 5.77. The number of methoxy groups -OCH3 is 1. The number of ether oxygens (including phenoxy) is 2. The molecule has 1 aromatic carbocycles. The molecule has 0 unspecified atom stereocenters. The first-order valence-electron chi connectivity index (χ1n) is 7.52. The normalized spacial score (nSPS) is 11.0. The lowest BCUT2D eigenvalue weighted by molar-refractivity contribution is 0.286. The van der Waals surface area contributed by atoms with Crippen molar-refractivity contribution in [1.82, 2.24) is 15.0 Å². The lowest BCUT2D eigenvalue weighted by Gasteiger charge is -2.11. The molecule has 0 aliphatic heterocycles. The number of nitrogens with two attached hydrogens (primary N) is 1. The molecule has 1 heterocycles. The van der Waals surface area contributed by atoms with E-state index in [1.54, 1.807) is 7.11 Å². The Morgan fingerprint density at radius 1 is 1.27 bits per heavy atom. The van der Waals surface area contributed by atoms with E-state index in [2.05, 4.69) is 24.2 Å². The van der Waals surface area contributed by atoms with E-state index in [9.17, 15) is 0 Å². The van der Waals surface area contributed by atoms with Crippen molar-refractivity contribution in [2.45, 2.75) is 40.0 Å². The molecule has 0 saturated carbocycles. The summed E-state index contributed by atoms with van der Waals surface area (Å²) in [5.74, 6) is 2.12. The van der Waals surface area contributed by atoms with Gasteiger partial charge in [0, 0.05) is 19.2 Å². The molecule has 0 aliphatic carbocycles. The number of rotatable bonds is 8. The highest BCUT2D eigenvalue weighted by molar-refractivity contribution is 5.33. The molecule has 6 heteroatoms. The third kappa shape index (κ3) is 4.21. The maximum absolute atomic E-state index is 5.85. The van der Waals surface area contributed by atoms with Gasteiger partial charge in [-0.25, -0.2) is 4.68 Å². The lowest BCUT2D eigenvalue weighted by Crippen LogP contribution is -2.12. The highest BCUT2D eigenvalue weighted by Gasteiger charge is 2.13. The second kappa shape index (κ2) is 7.79. The standard InChI is InChI=1S/C16H24N4O2/c1-12(2)7-8-20-16(15(10-17)18-19-20)11-22-14-6-4-5-13(9-14)21-3/h4-6,9,12H,7-8,10-11,17H2,1-3H3. The predicted molar refractivity (Wildman–Crippen MR) is 84.7 cm³/mol. The Bertz CT molecular complexity index is 596. The Morgan fingerprint density at radius 2 is 2.05 bits per heavy atom. The van der Waals surface area contributed by atoms with Gasteiger partial charge in [0.1, 0.15) is 29.5 Å². The van der Waals surface area contributed by atoms with Crippen molar-refractivity contribution in [1.29, 1.82) is 0 Å². The largest absolute Gasteiger partial charge is 0.497 e. The van der Waals surface area contributed by atoms with Crippen LogP contribution in [0.1, 0.15) is 31.7 Å². The van der Waals surface area contributed by atoms with Gasteiger partial charge in [0.25, 0.3) is 0 Å². The maximum atomic E-state index is 5.85. The van der Waals surface area contributed by atoms with Crippen molar-refractivity contribution in [3.63, 3.8) is 0 Å². The number of hydrogen-bond donors (Lipinski definition) is 1. The molecule has 0 fully saturated rings. The summed E-state index contributed by atoms with van der Waals surface area (Å²) in [7, 11) is 1.64. The Balaban J connectivity index is 2.08. The quantitative estimate of drug-likeness (QED) is 0.810. The van der Waals surface area contributed by atoms with Gasteiger partial charge < -0.3 is 15.2 Å². The van der Waals surface area contributed by atoms with Crippen molar-refractivity contribution >= 4 is 0 Å². The average molecular weight is 304 g/mol. The minimum Gasteiger partial charge on any atom is -0.497 e. The zero-order valence-electron chi connectivity index (χ0n) is 13.5. The van der Waals surface area contributed by atoms with Crippen molar-refractivity contribution in [2.75, 3.05) is 7.11 Å². The van der Waals surface area contributed by atoms with Crippen LogP contribution in [0.3, 0.4) is 0 Å². The maximum Gasteiger partial charge on any atom is 0.132 e. The first-order valence-corrected chi connectivity index (χ1v) is 7.52. The van der Waals surface area contributed by atoms with Crippen LogP contribution in [0.4, 0.5) is 0 Å². The molecular formula is C16H24N4O2. The fourth-order valence-electron chi connectivity index (χ4n) is 2.09. The smallest absolute Gasteiger partial charge is 0.132 e. The lowest BCUT2D eigenvalue weighted by atomic mass is 10.1. The average Bonchev–Trinajstić information content (AvgIpc) is 2.93. The number of benzene rings is 1. The van der Waals surface area contributed by atoms with Crippen molar-refractivity contribution < 1.29 is 9.47 Å². The molecule has 0 spiro atoms. The van der Waals surface area contributed by atoms with Crippen LogP contribution in [0.5, 0.6) is 11.5 Å². The van der Waals surface area contributed by atoms with Gasteiger partial charge in [0.2, 0.25) is 0 Å². The number of nitrogens with zero attached hydrogens (tertiary/aromatic N) is 3. The summed E-state index contributed by atoms with van der Waals surface area (Å²) in [6.45, 7) is 5.95. The van der Waals surface area contributed by atoms with E-state index < -0.39 is 0 Å². The summed E-state index contributed by atoms with van der Waals surface area (Å²) in [5, 5.41) is 8.33.